The average Bonchev–Trinajstić information content (AvgIpc) is 3.50. The number of aromatic nitrogens is 4. The van der Waals surface area contributed by atoms with Crippen LogP contribution < -0.4 is 20.3 Å². The van der Waals surface area contributed by atoms with Crippen LogP contribution in [0.3, 0.4) is 0 Å². The molecule has 2 N–H and O–H groups in total. The third kappa shape index (κ3) is 6.53. The summed E-state index contributed by atoms with van der Waals surface area (Å²) in [5.74, 6) is -0.590. The summed E-state index contributed by atoms with van der Waals surface area (Å²) in [7, 11) is -1.52. The molecule has 0 bridgehead atoms. The smallest absolute Gasteiger partial charge is 0.247 e. The van der Waals surface area contributed by atoms with Crippen molar-refractivity contribution >= 4 is 28.9 Å². The Bertz CT molecular complexity index is 1970. The first-order chi connectivity index (χ1) is 24.4. The second-order valence-corrected chi connectivity index (χ2v) is 8.93. The molecule has 0 aliphatic carbocycles. The first-order valence-electron chi connectivity index (χ1n) is 18.0. The van der Waals surface area contributed by atoms with Gasteiger partial charge >= 0.3 is 0 Å². The topological polar surface area (TPSA) is 110 Å². The minimum Gasteiger partial charge on any atom is -0.494 e. The number of benzene rings is 2. The van der Waals surface area contributed by atoms with Gasteiger partial charge in [0, 0.05) is 59.4 Å². The lowest BCUT2D eigenvalue weighted by molar-refractivity contribution is -0.111. The minimum atomic E-state index is -2.86. The van der Waals surface area contributed by atoms with Crippen molar-refractivity contribution in [3.63, 3.8) is 0 Å². The van der Waals surface area contributed by atoms with Crippen molar-refractivity contribution in [2.75, 3.05) is 62.9 Å². The summed E-state index contributed by atoms with van der Waals surface area (Å²) in [6.07, 6.45) is 3.87. The lowest BCUT2D eigenvalue weighted by Crippen LogP contribution is -2.36. The van der Waals surface area contributed by atoms with Gasteiger partial charge in [0.2, 0.25) is 11.9 Å². The Morgan fingerprint density at radius 2 is 2.10 bits per heavy atom. The van der Waals surface area contributed by atoms with E-state index < -0.39 is 50.1 Å². The molecule has 0 radical (unpaired) electrons. The van der Waals surface area contributed by atoms with Gasteiger partial charge in [0.05, 0.1) is 54.0 Å². The molecule has 212 valence electrons. The fourth-order valence-corrected chi connectivity index (χ4v) is 4.24. The van der Waals surface area contributed by atoms with Crippen molar-refractivity contribution in [3.05, 3.63) is 79.0 Å². The van der Waals surface area contributed by atoms with Crippen LogP contribution in [0.15, 0.2) is 73.5 Å². The maximum absolute atomic E-state index is 12.4. The van der Waals surface area contributed by atoms with E-state index >= 15 is 0 Å². The van der Waals surface area contributed by atoms with Crippen molar-refractivity contribution in [2.24, 2.45) is 0 Å². The third-order valence-electron chi connectivity index (χ3n) is 6.06. The highest BCUT2D eigenvalue weighted by atomic mass is 16.5. The quantitative estimate of drug-likeness (QED) is 0.275. The number of morpholine rings is 1. The Morgan fingerprint density at radius 1 is 1.27 bits per heavy atom. The zero-order chi connectivity index (χ0) is 38.1. The number of hydrogen-bond donors (Lipinski definition) is 2. The standard InChI is InChI=1S/C30H34N8O3/c1-5-28(39)32-23-17-24(26(40-4)18-25(23)37-13-15-41-16-14-37)33-30-31-12-11-27(34-30)38-20-22(19-36(2)3)29(35-38)21-9-7-6-8-10-21/h5-12,17-18,20H,1,13-16,19H2,2-4H3,(H,32,39)(H,31,33,34)/i2D3,4D3,6D,7D,8D,9D,10D. The first kappa shape index (κ1) is 17.2. The maximum Gasteiger partial charge on any atom is 0.247 e. The molecule has 11 nitrogen and oxygen atoms in total. The Kier molecular flexibility index (Phi) is 5.28. The summed E-state index contributed by atoms with van der Waals surface area (Å²) in [6.45, 7) is 2.47. The maximum atomic E-state index is 12.4. The van der Waals surface area contributed by atoms with E-state index in [2.05, 4.69) is 32.3 Å². The highest BCUT2D eigenvalue weighted by Crippen LogP contribution is 2.38. The van der Waals surface area contributed by atoms with Gasteiger partial charge in [0.25, 0.3) is 0 Å². The molecule has 5 rings (SSSR count). The Balaban J connectivity index is 1.61. The predicted octanol–water partition coefficient (Wildman–Crippen LogP) is 4.10. The van der Waals surface area contributed by atoms with Crippen LogP contribution in [-0.4, -0.2) is 77.9 Å². The zero-order valence-electron chi connectivity index (χ0n) is 33.1. The van der Waals surface area contributed by atoms with Crippen LogP contribution in [0.4, 0.5) is 23.0 Å². The van der Waals surface area contributed by atoms with Crippen molar-refractivity contribution in [1.82, 2.24) is 24.6 Å². The molecule has 4 aromatic rings. The third-order valence-corrected chi connectivity index (χ3v) is 6.06. The highest BCUT2D eigenvalue weighted by molar-refractivity contribution is 6.02. The van der Waals surface area contributed by atoms with E-state index in [0.717, 1.165) is 11.0 Å². The van der Waals surface area contributed by atoms with Crippen molar-refractivity contribution in [2.45, 2.75) is 6.54 Å². The molecule has 0 saturated carbocycles. The Labute approximate surface area is 254 Å². The lowest BCUT2D eigenvalue weighted by Gasteiger charge is -2.31. The van der Waals surface area contributed by atoms with E-state index in [-0.39, 0.29) is 46.6 Å². The van der Waals surface area contributed by atoms with Crippen LogP contribution in [0.1, 0.15) is 20.6 Å². The van der Waals surface area contributed by atoms with E-state index in [0.29, 0.717) is 37.7 Å². The number of hydrogen-bond acceptors (Lipinski definition) is 9. The predicted molar refractivity (Wildman–Crippen MR) is 160 cm³/mol. The largest absolute Gasteiger partial charge is 0.494 e. The summed E-state index contributed by atoms with van der Waals surface area (Å²) >= 11 is 0. The van der Waals surface area contributed by atoms with Gasteiger partial charge in [0.15, 0.2) is 5.82 Å². The molecular formula is C30H34N8O3. The van der Waals surface area contributed by atoms with Crippen molar-refractivity contribution < 1.29 is 29.3 Å². The fraction of sp³-hybridized carbons (Fsp3) is 0.267. The van der Waals surface area contributed by atoms with Gasteiger partial charge in [-0.05, 0) is 26.2 Å². The number of nitrogens with zero attached hydrogens (tertiary/aromatic N) is 6. The monoisotopic (exact) mass is 565 g/mol. The Morgan fingerprint density at radius 3 is 2.85 bits per heavy atom. The van der Waals surface area contributed by atoms with Gasteiger partial charge in [-0.1, -0.05) is 36.8 Å². The zero-order valence-corrected chi connectivity index (χ0v) is 22.1. The molecule has 0 spiro atoms. The van der Waals surface area contributed by atoms with Gasteiger partial charge in [-0.3, -0.25) is 4.79 Å². The van der Waals surface area contributed by atoms with E-state index in [9.17, 15) is 4.79 Å². The van der Waals surface area contributed by atoms with E-state index in [4.69, 9.17) is 24.6 Å². The number of nitrogens with one attached hydrogen (secondary N) is 2. The summed E-state index contributed by atoms with van der Waals surface area (Å²) in [5.41, 5.74) is 0.790. The highest BCUT2D eigenvalue weighted by Gasteiger charge is 2.20. The van der Waals surface area contributed by atoms with Gasteiger partial charge < -0.3 is 29.9 Å². The summed E-state index contributed by atoms with van der Waals surface area (Å²) in [4.78, 5) is 24.1. The molecule has 2 aromatic carbocycles. The average molecular weight is 566 g/mol. The van der Waals surface area contributed by atoms with Crippen LogP contribution in [0, 0.1) is 0 Å². The summed E-state index contributed by atoms with van der Waals surface area (Å²) in [5, 5.41) is 10.2. The van der Waals surface area contributed by atoms with Crippen LogP contribution in [0.5, 0.6) is 5.75 Å². The van der Waals surface area contributed by atoms with Crippen LogP contribution in [0.2, 0.25) is 0 Å². The molecule has 0 unspecified atom stereocenters. The number of anilines is 4. The van der Waals surface area contributed by atoms with E-state index in [1.807, 2.05) is 4.90 Å². The summed E-state index contributed by atoms with van der Waals surface area (Å²) < 4.78 is 100. The van der Waals surface area contributed by atoms with Crippen LogP contribution in [0.25, 0.3) is 17.1 Å². The number of amides is 1. The molecule has 1 aliphatic heterocycles. The van der Waals surface area contributed by atoms with E-state index in [1.54, 1.807) is 0 Å². The normalized spacial score (nSPS) is 17.7. The first-order valence-corrected chi connectivity index (χ1v) is 12.5. The molecule has 1 fully saturated rings. The fourth-order valence-electron chi connectivity index (χ4n) is 4.24. The lowest BCUT2D eigenvalue weighted by atomic mass is 10.1. The Hall–Kier alpha value is -4.74. The molecular weight excluding hydrogens is 520 g/mol. The van der Waals surface area contributed by atoms with E-state index in [1.165, 1.54) is 42.3 Å². The van der Waals surface area contributed by atoms with Crippen molar-refractivity contribution in [3.8, 4) is 22.8 Å². The molecule has 41 heavy (non-hydrogen) atoms. The molecule has 2 aromatic heterocycles. The molecule has 1 amide bonds. The van der Waals surface area contributed by atoms with Gasteiger partial charge in [-0.25, -0.2) is 9.67 Å². The second-order valence-electron chi connectivity index (χ2n) is 8.93. The number of methoxy groups -OCH3 is 1. The molecule has 11 heteroatoms. The van der Waals surface area contributed by atoms with Gasteiger partial charge in [-0.15, -0.1) is 0 Å². The van der Waals surface area contributed by atoms with Crippen molar-refractivity contribution in [1.29, 1.82) is 0 Å². The minimum absolute atomic E-state index is 0.0594. The molecule has 1 saturated heterocycles. The number of ether oxygens (including phenoxy) is 2. The molecule has 0 atom stereocenters. The SMILES string of the molecule is [2H]c1c([2H])c([2H])c(-c2nn(-c3ccnc(Nc4cc(NC(=O)C=C)c(N5CCOCC5)cc4OC([2H])([2H])[2H])n3)cc2CN(C)C([2H])([2H])[2H])c([2H])c1[2H]. The van der Waals surface area contributed by atoms with Gasteiger partial charge in [0.1, 0.15) is 5.75 Å². The number of carbonyl (C=O) groups excluding carboxylic acids is 1. The van der Waals surface area contributed by atoms with Crippen LogP contribution in [-0.2, 0) is 16.1 Å². The molecule has 1 aliphatic rings. The second kappa shape index (κ2) is 12.6. The number of carbonyl (C=O) groups is 1. The summed E-state index contributed by atoms with van der Waals surface area (Å²) in [6, 6.07) is 1.56. The number of rotatable bonds is 10. The van der Waals surface area contributed by atoms with Crippen LogP contribution >= 0.6 is 0 Å². The molecule has 3 heterocycles. The van der Waals surface area contributed by atoms with Gasteiger partial charge in [-0.2, -0.15) is 10.1 Å².